The van der Waals surface area contributed by atoms with E-state index in [1.807, 2.05) is 18.2 Å². The number of rotatable bonds is 6. The number of aromatic nitrogens is 3. The number of imidazole rings is 1. The number of H-pyrrole nitrogens is 1. The Morgan fingerprint density at radius 2 is 1.42 bits per heavy atom. The van der Waals surface area contributed by atoms with Crippen molar-refractivity contribution in [3.8, 4) is 0 Å². The molecule has 238 valence electrons. The maximum Gasteiger partial charge on any atom is 0.433 e. The third-order valence-electron chi connectivity index (χ3n) is 8.64. The molecule has 0 bridgehead atoms. The molecule has 4 heterocycles. The molecule has 13 heteroatoms. The van der Waals surface area contributed by atoms with Crippen LogP contribution in [0.5, 0.6) is 0 Å². The second-order valence-electron chi connectivity index (χ2n) is 11.7. The van der Waals surface area contributed by atoms with Crippen molar-refractivity contribution in [2.75, 3.05) is 39.3 Å². The number of hydrogen-bond donors (Lipinski definition) is 1. The Kier molecular flexibility index (Phi) is 8.57. The first-order valence-electron chi connectivity index (χ1n) is 14.8. The first-order valence-corrected chi connectivity index (χ1v) is 14.8. The number of amides is 1. The summed E-state index contributed by atoms with van der Waals surface area (Å²) in [4.78, 5) is 30.6. The van der Waals surface area contributed by atoms with Crippen LogP contribution in [0, 0.1) is 0 Å². The normalized spacial score (nSPS) is 17.7. The second kappa shape index (κ2) is 12.4. The zero-order valence-electron chi connectivity index (χ0n) is 24.3. The molecule has 1 N–H and O–H groups in total. The molecule has 0 atom stereocenters. The molecule has 4 aromatic rings. The van der Waals surface area contributed by atoms with Crippen LogP contribution in [-0.4, -0.2) is 74.8 Å². The molecule has 0 radical (unpaired) electrons. The zero-order chi connectivity index (χ0) is 31.8. The zero-order valence-corrected chi connectivity index (χ0v) is 24.3. The summed E-state index contributed by atoms with van der Waals surface area (Å²) in [6, 6.07) is 13.7. The molecule has 0 unspecified atom stereocenters. The predicted octanol–water partition coefficient (Wildman–Crippen LogP) is 6.33. The molecule has 0 spiro atoms. The van der Waals surface area contributed by atoms with Crippen LogP contribution in [0.1, 0.15) is 57.3 Å². The first-order chi connectivity index (χ1) is 21.4. The lowest BCUT2D eigenvalue weighted by Crippen LogP contribution is -2.48. The summed E-state index contributed by atoms with van der Waals surface area (Å²) < 4.78 is 76.9. The number of carbonyl (C=O) groups excluding carboxylic acids is 1. The third kappa shape index (κ3) is 7.30. The number of aromatic amines is 1. The Morgan fingerprint density at radius 3 is 2.04 bits per heavy atom. The van der Waals surface area contributed by atoms with E-state index in [9.17, 15) is 31.1 Å². The van der Waals surface area contributed by atoms with E-state index in [0.717, 1.165) is 66.3 Å². The van der Waals surface area contributed by atoms with E-state index in [1.54, 1.807) is 4.90 Å². The van der Waals surface area contributed by atoms with Crippen molar-refractivity contribution in [1.82, 2.24) is 29.7 Å². The second-order valence-corrected chi connectivity index (χ2v) is 11.7. The fourth-order valence-corrected chi connectivity index (χ4v) is 6.07. The van der Waals surface area contributed by atoms with Gasteiger partial charge >= 0.3 is 12.4 Å². The van der Waals surface area contributed by atoms with E-state index >= 15 is 0 Å². The topological polar surface area (TPSA) is 68.4 Å². The number of hydrogen-bond acceptors (Lipinski definition) is 5. The van der Waals surface area contributed by atoms with Gasteiger partial charge in [0.15, 0.2) is 5.82 Å². The van der Waals surface area contributed by atoms with Gasteiger partial charge in [0.25, 0.3) is 5.91 Å². The number of nitrogens with one attached hydrogen (secondary N) is 1. The Morgan fingerprint density at radius 1 is 0.778 bits per heavy atom. The van der Waals surface area contributed by atoms with Crippen molar-refractivity contribution in [2.24, 2.45) is 0 Å². The summed E-state index contributed by atoms with van der Waals surface area (Å²) in [5, 5.41) is 0. The highest BCUT2D eigenvalue weighted by molar-refractivity contribution is 5.94. The van der Waals surface area contributed by atoms with Gasteiger partial charge in [0, 0.05) is 45.5 Å². The average molecular weight is 631 g/mol. The highest BCUT2D eigenvalue weighted by Gasteiger charge is 2.32. The Bertz CT molecular complexity index is 1620. The van der Waals surface area contributed by atoms with Crippen molar-refractivity contribution in [3.63, 3.8) is 0 Å². The number of likely N-dealkylation sites (tertiary alicyclic amines) is 1. The smallest absolute Gasteiger partial charge is 0.334 e. The average Bonchev–Trinajstić information content (AvgIpc) is 3.45. The van der Waals surface area contributed by atoms with Gasteiger partial charge in [-0.05, 0) is 78.9 Å². The summed E-state index contributed by atoms with van der Waals surface area (Å²) in [5.74, 6) is 0.405. The molecule has 1 amide bonds. The molecule has 45 heavy (non-hydrogen) atoms. The van der Waals surface area contributed by atoms with Gasteiger partial charge in [0.1, 0.15) is 5.69 Å². The number of pyridine rings is 1. The van der Waals surface area contributed by atoms with Gasteiger partial charge in [-0.15, -0.1) is 0 Å². The van der Waals surface area contributed by atoms with Crippen LogP contribution >= 0.6 is 0 Å². The summed E-state index contributed by atoms with van der Waals surface area (Å²) in [6.45, 7) is 4.86. The van der Waals surface area contributed by atoms with Crippen molar-refractivity contribution >= 4 is 16.9 Å². The molecular weight excluding hydrogens is 598 g/mol. The molecule has 0 aliphatic carbocycles. The highest BCUT2D eigenvalue weighted by atomic mass is 19.4. The van der Waals surface area contributed by atoms with Crippen molar-refractivity contribution in [3.05, 3.63) is 94.6 Å². The third-order valence-corrected chi connectivity index (χ3v) is 8.64. The Hall–Kier alpha value is -3.97. The van der Waals surface area contributed by atoms with E-state index in [-0.39, 0.29) is 11.7 Å². The molecule has 0 saturated carbocycles. The number of fused-ring (bicyclic) bond motifs is 1. The number of carbonyl (C=O) groups is 1. The van der Waals surface area contributed by atoms with E-state index in [2.05, 4.69) is 24.8 Å². The molecule has 2 aromatic heterocycles. The predicted molar refractivity (Wildman–Crippen MR) is 155 cm³/mol. The molecule has 6 rings (SSSR count). The summed E-state index contributed by atoms with van der Waals surface area (Å²) in [6.07, 6.45) is -5.71. The fourth-order valence-electron chi connectivity index (χ4n) is 6.07. The standard InChI is InChI=1S/C32H32F6N6O/c33-31(34,35)25-5-1-21(2-6-25)19-43-13-15-44(16-14-43)30(45)29-40-26-7-4-24(17-27(26)41-29)23-9-11-42(12-10-23)20-22-3-8-28(39-18-22)32(36,37)38/h1-8,17-18,23H,9-16,19-20H2,(H,40,41). The van der Waals surface area contributed by atoms with Gasteiger partial charge < -0.3 is 9.88 Å². The van der Waals surface area contributed by atoms with Gasteiger partial charge in [-0.25, -0.2) is 4.98 Å². The number of benzene rings is 2. The van der Waals surface area contributed by atoms with Crippen LogP contribution in [0.2, 0.25) is 0 Å². The van der Waals surface area contributed by atoms with Gasteiger partial charge in [0.2, 0.25) is 0 Å². The van der Waals surface area contributed by atoms with E-state index < -0.39 is 23.6 Å². The molecule has 2 aromatic carbocycles. The van der Waals surface area contributed by atoms with Crippen molar-refractivity contribution in [2.45, 2.75) is 44.2 Å². The minimum Gasteiger partial charge on any atom is -0.334 e. The summed E-state index contributed by atoms with van der Waals surface area (Å²) >= 11 is 0. The number of alkyl halides is 6. The SMILES string of the molecule is O=C(c1nc2ccc(C3CCN(Cc4ccc(C(F)(F)F)nc4)CC3)cc2[nH]1)N1CCN(Cc2ccc(C(F)(F)F)cc2)CC1. The minimum absolute atomic E-state index is 0.187. The van der Waals surface area contributed by atoms with Crippen LogP contribution < -0.4 is 0 Å². The number of nitrogens with zero attached hydrogens (tertiary/aromatic N) is 5. The van der Waals surface area contributed by atoms with E-state index in [0.29, 0.717) is 50.7 Å². The van der Waals surface area contributed by atoms with Gasteiger partial charge in [-0.2, -0.15) is 26.3 Å². The van der Waals surface area contributed by atoms with E-state index in [4.69, 9.17) is 0 Å². The van der Waals surface area contributed by atoms with Crippen LogP contribution in [0.25, 0.3) is 11.0 Å². The maximum absolute atomic E-state index is 13.2. The lowest BCUT2D eigenvalue weighted by Gasteiger charge is -2.34. The quantitative estimate of drug-likeness (QED) is 0.252. The van der Waals surface area contributed by atoms with E-state index in [1.165, 1.54) is 24.4 Å². The van der Waals surface area contributed by atoms with Gasteiger partial charge in [-0.1, -0.05) is 24.3 Å². The lowest BCUT2D eigenvalue weighted by molar-refractivity contribution is -0.141. The summed E-state index contributed by atoms with van der Waals surface area (Å²) in [5.41, 5.74) is 2.62. The minimum atomic E-state index is -4.45. The molecule has 2 aliphatic rings. The van der Waals surface area contributed by atoms with Crippen LogP contribution in [0.15, 0.2) is 60.8 Å². The molecule has 2 saturated heterocycles. The maximum atomic E-state index is 13.2. The molecule has 7 nitrogen and oxygen atoms in total. The number of piperidine rings is 1. The largest absolute Gasteiger partial charge is 0.433 e. The fraction of sp³-hybridized carbons (Fsp3) is 0.406. The van der Waals surface area contributed by atoms with Crippen molar-refractivity contribution in [1.29, 1.82) is 0 Å². The molecule has 2 aliphatic heterocycles. The van der Waals surface area contributed by atoms with Crippen LogP contribution in [0.4, 0.5) is 26.3 Å². The van der Waals surface area contributed by atoms with Crippen molar-refractivity contribution < 1.29 is 31.1 Å². The highest BCUT2D eigenvalue weighted by Crippen LogP contribution is 2.32. The van der Waals surface area contributed by atoms with Gasteiger partial charge in [0.05, 0.1) is 16.6 Å². The number of halogens is 6. The monoisotopic (exact) mass is 630 g/mol. The number of piperazine rings is 1. The Balaban J connectivity index is 1.00. The van der Waals surface area contributed by atoms with Crippen LogP contribution in [-0.2, 0) is 25.4 Å². The first kappa shape index (κ1) is 31.0. The summed E-state index contributed by atoms with van der Waals surface area (Å²) in [7, 11) is 0. The molecule has 2 fully saturated rings. The lowest BCUT2D eigenvalue weighted by atomic mass is 9.89. The van der Waals surface area contributed by atoms with Crippen LogP contribution in [0.3, 0.4) is 0 Å². The Labute approximate surface area is 255 Å². The van der Waals surface area contributed by atoms with Gasteiger partial charge in [-0.3, -0.25) is 19.6 Å². The molecular formula is C32H32F6N6O.